The fourth-order valence-corrected chi connectivity index (χ4v) is 4.44. The van der Waals surface area contributed by atoms with Gasteiger partial charge in [-0.25, -0.2) is 9.37 Å². The molecule has 0 spiro atoms. The van der Waals surface area contributed by atoms with Crippen molar-refractivity contribution in [2.24, 2.45) is 9.98 Å². The molecule has 2 unspecified atom stereocenters. The van der Waals surface area contributed by atoms with Crippen LogP contribution in [0.5, 0.6) is 5.88 Å². The van der Waals surface area contributed by atoms with Gasteiger partial charge in [-0.15, -0.1) is 0 Å². The van der Waals surface area contributed by atoms with E-state index in [0.29, 0.717) is 35.4 Å². The zero-order valence-corrected chi connectivity index (χ0v) is 19.5. The maximum atomic E-state index is 12.9. The number of ether oxygens (including phenoxy) is 1. The predicted molar refractivity (Wildman–Crippen MR) is 125 cm³/mol. The number of aliphatic imine (C=N–C) groups is 2. The molecule has 0 saturated carbocycles. The number of anilines is 2. The highest BCUT2D eigenvalue weighted by Gasteiger charge is 2.40. The third-order valence-corrected chi connectivity index (χ3v) is 6.29. The van der Waals surface area contributed by atoms with Crippen LogP contribution in [0.15, 0.2) is 28.3 Å². The van der Waals surface area contributed by atoms with Crippen LogP contribution in [0, 0.1) is 6.92 Å². The average molecular weight is 514 g/mol. The minimum atomic E-state index is -4.46. The summed E-state index contributed by atoms with van der Waals surface area (Å²) < 4.78 is 60.7. The SMILES string of the molecule is Cc1nsc(NC2=NCC(C(F)(F)F)N=C2)c1C(=O)Nc1ccc(OC2CCN(CCF)C2)nc1. The second kappa shape index (κ2) is 10.6. The molecule has 188 valence electrons. The van der Waals surface area contributed by atoms with E-state index < -0.39 is 31.3 Å². The van der Waals surface area contributed by atoms with Crippen LogP contribution >= 0.6 is 11.5 Å². The lowest BCUT2D eigenvalue weighted by Crippen LogP contribution is -2.34. The quantitative estimate of drug-likeness (QED) is 0.551. The number of likely N-dealkylation sites (tertiary alicyclic amines) is 1. The minimum Gasteiger partial charge on any atom is -0.473 e. The Morgan fingerprint density at radius 1 is 1.34 bits per heavy atom. The van der Waals surface area contributed by atoms with E-state index in [-0.39, 0.29) is 17.5 Å². The van der Waals surface area contributed by atoms with E-state index in [1.54, 1.807) is 19.1 Å². The van der Waals surface area contributed by atoms with Crippen LogP contribution in [0.2, 0.25) is 0 Å². The van der Waals surface area contributed by atoms with Crippen molar-refractivity contribution in [2.45, 2.75) is 31.7 Å². The molecule has 2 aliphatic rings. The van der Waals surface area contributed by atoms with Crippen molar-refractivity contribution in [2.75, 3.05) is 43.5 Å². The first-order valence-corrected chi connectivity index (χ1v) is 11.6. The first kappa shape index (κ1) is 25.0. The van der Waals surface area contributed by atoms with E-state index in [4.69, 9.17) is 4.74 Å². The van der Waals surface area contributed by atoms with Gasteiger partial charge in [-0.1, -0.05) is 0 Å². The summed E-state index contributed by atoms with van der Waals surface area (Å²) in [6.45, 7) is 2.52. The Balaban J connectivity index is 1.35. The van der Waals surface area contributed by atoms with Crippen molar-refractivity contribution in [3.63, 3.8) is 0 Å². The molecule has 0 radical (unpaired) electrons. The predicted octanol–water partition coefficient (Wildman–Crippen LogP) is 3.35. The molecule has 2 aromatic heterocycles. The van der Waals surface area contributed by atoms with Crippen molar-refractivity contribution < 1.29 is 27.1 Å². The van der Waals surface area contributed by atoms with E-state index in [1.165, 1.54) is 6.20 Å². The molecule has 1 amide bonds. The number of amides is 1. The van der Waals surface area contributed by atoms with Gasteiger partial charge in [0.1, 0.15) is 23.6 Å². The zero-order chi connectivity index (χ0) is 25.0. The number of carbonyl (C=O) groups excluding carboxylic acids is 1. The van der Waals surface area contributed by atoms with Crippen molar-refractivity contribution in [1.29, 1.82) is 0 Å². The molecular formula is C21H23F4N7O2S. The Hall–Kier alpha value is -3.13. The summed E-state index contributed by atoms with van der Waals surface area (Å²) in [6, 6.07) is 1.41. The third kappa shape index (κ3) is 6.31. The highest BCUT2D eigenvalue weighted by Crippen LogP contribution is 2.28. The molecule has 2 aliphatic heterocycles. The van der Waals surface area contributed by atoms with Crippen molar-refractivity contribution in [3.05, 3.63) is 29.6 Å². The summed E-state index contributed by atoms with van der Waals surface area (Å²) in [6.07, 6.45) is -1.28. The van der Waals surface area contributed by atoms with Gasteiger partial charge in [0.05, 0.1) is 35.9 Å². The number of alkyl halides is 4. The van der Waals surface area contributed by atoms with E-state index in [9.17, 15) is 22.4 Å². The Bertz CT molecular complexity index is 1100. The summed E-state index contributed by atoms with van der Waals surface area (Å²) in [4.78, 5) is 26.5. The molecule has 0 aromatic carbocycles. The molecule has 2 atom stereocenters. The van der Waals surface area contributed by atoms with Crippen molar-refractivity contribution >= 4 is 40.2 Å². The first-order chi connectivity index (χ1) is 16.7. The molecule has 4 rings (SSSR count). The topological polar surface area (TPSA) is 104 Å². The van der Waals surface area contributed by atoms with E-state index in [0.717, 1.165) is 30.7 Å². The second-order valence-electron chi connectivity index (χ2n) is 8.02. The van der Waals surface area contributed by atoms with E-state index in [2.05, 4.69) is 30.0 Å². The highest BCUT2D eigenvalue weighted by atomic mass is 32.1. The Morgan fingerprint density at radius 3 is 2.83 bits per heavy atom. The van der Waals surface area contributed by atoms with Crippen molar-refractivity contribution in [1.82, 2.24) is 14.3 Å². The van der Waals surface area contributed by atoms with Crippen LogP contribution in [0.4, 0.5) is 28.3 Å². The molecular weight excluding hydrogens is 490 g/mol. The normalized spacial score (nSPS) is 20.5. The number of hydrogen-bond donors (Lipinski definition) is 2. The lowest BCUT2D eigenvalue weighted by atomic mass is 10.2. The van der Waals surface area contributed by atoms with Gasteiger partial charge < -0.3 is 15.4 Å². The van der Waals surface area contributed by atoms with Gasteiger partial charge in [0.25, 0.3) is 5.91 Å². The van der Waals surface area contributed by atoms with Gasteiger partial charge in [0.2, 0.25) is 5.88 Å². The first-order valence-electron chi connectivity index (χ1n) is 10.8. The van der Waals surface area contributed by atoms with Gasteiger partial charge in [-0.2, -0.15) is 17.5 Å². The van der Waals surface area contributed by atoms with Crippen LogP contribution in [0.1, 0.15) is 22.5 Å². The van der Waals surface area contributed by atoms with Gasteiger partial charge in [0.15, 0.2) is 6.04 Å². The lowest BCUT2D eigenvalue weighted by molar-refractivity contribution is -0.144. The summed E-state index contributed by atoms with van der Waals surface area (Å²) in [5.41, 5.74) is 1.11. The monoisotopic (exact) mass is 513 g/mol. The lowest BCUT2D eigenvalue weighted by Gasteiger charge is -2.18. The number of hydrogen-bond acceptors (Lipinski definition) is 9. The van der Waals surface area contributed by atoms with Crippen LogP contribution < -0.4 is 15.4 Å². The Labute approximate surface area is 202 Å². The second-order valence-corrected chi connectivity index (χ2v) is 8.79. The molecule has 0 aliphatic carbocycles. The van der Waals surface area contributed by atoms with Gasteiger partial charge in [-0.05, 0) is 30.9 Å². The van der Waals surface area contributed by atoms with Crippen LogP contribution in [-0.2, 0) is 0 Å². The maximum absolute atomic E-state index is 12.9. The number of aryl methyl sites for hydroxylation is 1. The van der Waals surface area contributed by atoms with Crippen LogP contribution in [0.25, 0.3) is 0 Å². The standard InChI is InChI=1S/C21H23F4N7O2S/c1-12-18(20(35-31-12)30-16-10-26-15(9-27-16)21(23,24)25)19(33)29-13-2-3-17(28-8-13)34-14-4-6-32(11-14)7-5-22/h2-3,8,10,14-15H,4-7,9,11H2,1H3,(H,27,30)(H,29,33). The summed E-state index contributed by atoms with van der Waals surface area (Å²) in [5, 5.41) is 5.90. The summed E-state index contributed by atoms with van der Waals surface area (Å²) in [5.74, 6) is 0.0503. The molecule has 14 heteroatoms. The van der Waals surface area contributed by atoms with E-state index in [1.807, 2.05) is 4.90 Å². The Morgan fingerprint density at radius 2 is 2.17 bits per heavy atom. The number of amidine groups is 1. The van der Waals surface area contributed by atoms with Crippen LogP contribution in [-0.4, -0.2) is 83.4 Å². The summed E-state index contributed by atoms with van der Waals surface area (Å²) in [7, 11) is 0. The number of nitrogens with zero attached hydrogens (tertiary/aromatic N) is 5. The largest absolute Gasteiger partial charge is 0.473 e. The fraction of sp³-hybridized carbons (Fsp3) is 0.476. The molecule has 35 heavy (non-hydrogen) atoms. The van der Waals surface area contributed by atoms with Crippen molar-refractivity contribution in [3.8, 4) is 5.88 Å². The molecule has 1 fully saturated rings. The molecule has 2 N–H and O–H groups in total. The Kier molecular flexibility index (Phi) is 7.60. The number of nitrogens with one attached hydrogen (secondary N) is 2. The molecule has 9 nitrogen and oxygen atoms in total. The number of halogens is 4. The third-order valence-electron chi connectivity index (χ3n) is 5.43. The minimum absolute atomic E-state index is 0.0692. The molecule has 2 aromatic rings. The van der Waals surface area contributed by atoms with Gasteiger partial charge in [0, 0.05) is 25.7 Å². The van der Waals surface area contributed by atoms with E-state index >= 15 is 0 Å². The maximum Gasteiger partial charge on any atom is 0.412 e. The number of rotatable bonds is 7. The van der Waals surface area contributed by atoms with Gasteiger partial charge >= 0.3 is 6.18 Å². The number of aromatic nitrogens is 2. The molecule has 4 heterocycles. The molecule has 0 bridgehead atoms. The average Bonchev–Trinajstić information content (AvgIpc) is 3.41. The van der Waals surface area contributed by atoms with Gasteiger partial charge in [-0.3, -0.25) is 19.7 Å². The fourth-order valence-electron chi connectivity index (χ4n) is 3.64. The number of pyridine rings is 1. The smallest absolute Gasteiger partial charge is 0.412 e. The highest BCUT2D eigenvalue weighted by molar-refractivity contribution is 7.11. The zero-order valence-electron chi connectivity index (χ0n) is 18.7. The summed E-state index contributed by atoms with van der Waals surface area (Å²) >= 11 is 0.989. The number of carbonyl (C=O) groups is 1. The van der Waals surface area contributed by atoms with Crippen LogP contribution in [0.3, 0.4) is 0 Å². The molecule has 1 saturated heterocycles.